The van der Waals surface area contributed by atoms with E-state index in [0.717, 1.165) is 54.7 Å². The predicted octanol–water partition coefficient (Wildman–Crippen LogP) is 5.91. The van der Waals surface area contributed by atoms with Crippen molar-refractivity contribution in [2.75, 3.05) is 13.1 Å². The van der Waals surface area contributed by atoms with Crippen molar-refractivity contribution in [1.82, 2.24) is 19.7 Å². The van der Waals surface area contributed by atoms with Crippen LogP contribution in [-0.2, 0) is 24.1 Å². The first-order valence-electron chi connectivity index (χ1n) is 15.9. The quantitative estimate of drug-likeness (QED) is 0.243. The SMILES string of the molecule is CCc1cc(O[C@H]2CCc3cccc(-c4cccc(-n5ncc(C(=O)O)c5CC)n4)c32)ccc1C1CCN(C(=O)[C@H](C)O)CC1. The third-order valence-electron chi connectivity index (χ3n) is 9.23. The van der Waals surface area contributed by atoms with Crippen LogP contribution in [0, 0.1) is 0 Å². The first-order chi connectivity index (χ1) is 21.8. The van der Waals surface area contributed by atoms with Gasteiger partial charge in [-0.15, -0.1) is 0 Å². The zero-order chi connectivity index (χ0) is 31.7. The lowest BCUT2D eigenvalue weighted by Gasteiger charge is -2.33. The van der Waals surface area contributed by atoms with Crippen LogP contribution in [0.1, 0.15) is 90.4 Å². The average Bonchev–Trinajstić information content (AvgIpc) is 3.69. The second kappa shape index (κ2) is 12.9. The van der Waals surface area contributed by atoms with Crippen molar-refractivity contribution in [3.05, 3.63) is 94.3 Å². The van der Waals surface area contributed by atoms with Crippen molar-refractivity contribution in [3.8, 4) is 22.8 Å². The molecule has 3 heterocycles. The van der Waals surface area contributed by atoms with Crippen LogP contribution >= 0.6 is 0 Å². The molecule has 1 saturated heterocycles. The monoisotopic (exact) mass is 608 g/mol. The Morgan fingerprint density at radius 1 is 1.02 bits per heavy atom. The van der Waals surface area contributed by atoms with Crippen molar-refractivity contribution >= 4 is 11.9 Å². The fraction of sp³-hybridized carbons (Fsp3) is 0.389. The third-order valence-corrected chi connectivity index (χ3v) is 9.23. The second-order valence-corrected chi connectivity index (χ2v) is 12.0. The van der Waals surface area contributed by atoms with E-state index in [1.807, 2.05) is 25.1 Å². The molecular formula is C36H40N4O5. The third kappa shape index (κ3) is 5.96. The molecule has 0 radical (unpaired) electrons. The number of aryl methyl sites for hydroxylation is 2. The number of fused-ring (bicyclic) bond motifs is 1. The highest BCUT2D eigenvalue weighted by molar-refractivity contribution is 5.88. The Morgan fingerprint density at radius 2 is 1.80 bits per heavy atom. The number of carboxylic acid groups (broad SMARTS) is 1. The van der Waals surface area contributed by atoms with Gasteiger partial charge in [0.1, 0.15) is 23.5 Å². The van der Waals surface area contributed by atoms with E-state index in [4.69, 9.17) is 9.72 Å². The van der Waals surface area contributed by atoms with Gasteiger partial charge in [0.05, 0.1) is 17.6 Å². The van der Waals surface area contributed by atoms with Crippen molar-refractivity contribution in [2.24, 2.45) is 0 Å². The van der Waals surface area contributed by atoms with Crippen molar-refractivity contribution < 1.29 is 24.5 Å². The van der Waals surface area contributed by atoms with Crippen LogP contribution in [0.2, 0.25) is 0 Å². The summed E-state index contributed by atoms with van der Waals surface area (Å²) in [5.74, 6) is 0.611. The molecule has 0 spiro atoms. The molecule has 0 bridgehead atoms. The minimum Gasteiger partial charge on any atom is -0.486 e. The van der Waals surface area contributed by atoms with Gasteiger partial charge in [0, 0.05) is 24.2 Å². The molecule has 0 saturated carbocycles. The number of likely N-dealkylation sites (tertiary alicyclic amines) is 1. The van der Waals surface area contributed by atoms with Crippen LogP contribution in [-0.4, -0.2) is 60.9 Å². The number of hydrogen-bond acceptors (Lipinski definition) is 6. The lowest BCUT2D eigenvalue weighted by atomic mass is 9.85. The Balaban J connectivity index is 1.24. The number of pyridine rings is 1. The molecule has 2 aliphatic rings. The van der Waals surface area contributed by atoms with Gasteiger partial charge in [-0.2, -0.15) is 5.10 Å². The van der Waals surface area contributed by atoms with Gasteiger partial charge in [-0.05, 0) is 92.3 Å². The van der Waals surface area contributed by atoms with Crippen molar-refractivity contribution in [2.45, 2.75) is 77.4 Å². The molecule has 0 unspecified atom stereocenters. The Bertz CT molecular complexity index is 1720. The molecule has 1 amide bonds. The van der Waals surface area contributed by atoms with E-state index >= 15 is 0 Å². The molecule has 45 heavy (non-hydrogen) atoms. The highest BCUT2D eigenvalue weighted by Gasteiger charge is 2.30. The van der Waals surface area contributed by atoms with E-state index < -0.39 is 12.1 Å². The summed E-state index contributed by atoms with van der Waals surface area (Å²) in [6.07, 6.45) is 5.26. The van der Waals surface area contributed by atoms with Crippen molar-refractivity contribution in [1.29, 1.82) is 0 Å². The Morgan fingerprint density at radius 3 is 2.51 bits per heavy atom. The highest BCUT2D eigenvalue weighted by atomic mass is 16.5. The number of carbonyl (C=O) groups excluding carboxylic acids is 1. The minimum absolute atomic E-state index is 0.124. The van der Waals surface area contributed by atoms with Crippen LogP contribution in [0.4, 0.5) is 0 Å². The maximum Gasteiger partial charge on any atom is 0.339 e. The van der Waals surface area contributed by atoms with Gasteiger partial charge in [0.2, 0.25) is 0 Å². The van der Waals surface area contributed by atoms with E-state index in [0.29, 0.717) is 36.9 Å². The van der Waals surface area contributed by atoms with Gasteiger partial charge in [-0.1, -0.05) is 44.2 Å². The van der Waals surface area contributed by atoms with Gasteiger partial charge in [0.25, 0.3) is 5.91 Å². The standard InChI is InChI=1S/C36H40N4O5/c1-4-23-20-26(13-14-27(23)24-16-18-39(19-17-24)35(42)22(3)41)45-32-15-12-25-8-6-9-28(34(25)32)30-10-7-11-33(38-30)40-31(5-2)29(21-37-40)36(43)44/h6-11,13-14,20-22,24,32,41H,4-5,12,15-19H2,1-3H3,(H,43,44)/t22-,32-/m0/s1. The van der Waals surface area contributed by atoms with Crippen molar-refractivity contribution in [3.63, 3.8) is 0 Å². The van der Waals surface area contributed by atoms with E-state index in [-0.39, 0.29) is 17.6 Å². The smallest absolute Gasteiger partial charge is 0.339 e. The molecule has 2 aromatic carbocycles. The minimum atomic E-state index is -0.996. The summed E-state index contributed by atoms with van der Waals surface area (Å²) in [4.78, 5) is 30.7. The topological polar surface area (TPSA) is 118 Å². The summed E-state index contributed by atoms with van der Waals surface area (Å²) >= 11 is 0. The van der Waals surface area contributed by atoms with Crippen LogP contribution < -0.4 is 4.74 Å². The maximum atomic E-state index is 12.2. The van der Waals surface area contributed by atoms with E-state index in [1.165, 1.54) is 29.8 Å². The predicted molar refractivity (Wildman–Crippen MR) is 171 cm³/mol. The summed E-state index contributed by atoms with van der Waals surface area (Å²) in [5.41, 5.74) is 7.57. The number of rotatable bonds is 9. The van der Waals surface area contributed by atoms with E-state index in [2.05, 4.69) is 48.4 Å². The Kier molecular flexibility index (Phi) is 8.72. The number of aliphatic hydroxyl groups excluding tert-OH is 1. The number of benzene rings is 2. The number of hydrogen-bond donors (Lipinski definition) is 2. The zero-order valence-corrected chi connectivity index (χ0v) is 26.1. The number of amides is 1. The van der Waals surface area contributed by atoms with Crippen LogP contribution in [0.5, 0.6) is 5.75 Å². The molecule has 2 N–H and O–H groups in total. The van der Waals surface area contributed by atoms with Crippen LogP contribution in [0.15, 0.2) is 60.8 Å². The fourth-order valence-corrected chi connectivity index (χ4v) is 6.96. The molecule has 1 fully saturated rings. The van der Waals surface area contributed by atoms with Gasteiger partial charge < -0.3 is 19.8 Å². The summed E-state index contributed by atoms with van der Waals surface area (Å²) in [5, 5.41) is 23.6. The largest absolute Gasteiger partial charge is 0.486 e. The second-order valence-electron chi connectivity index (χ2n) is 12.0. The van der Waals surface area contributed by atoms with Crippen LogP contribution in [0.3, 0.4) is 0 Å². The Labute approximate surface area is 263 Å². The van der Waals surface area contributed by atoms with E-state index in [1.54, 1.807) is 9.58 Å². The van der Waals surface area contributed by atoms with Crippen LogP contribution in [0.25, 0.3) is 17.1 Å². The fourth-order valence-electron chi connectivity index (χ4n) is 6.96. The Hall–Kier alpha value is -4.50. The number of aliphatic hydroxyl groups is 1. The van der Waals surface area contributed by atoms with E-state index in [9.17, 15) is 19.8 Å². The lowest BCUT2D eigenvalue weighted by molar-refractivity contribution is -0.140. The number of ether oxygens (including phenoxy) is 1. The van der Waals surface area contributed by atoms with Gasteiger partial charge in [0.15, 0.2) is 5.82 Å². The maximum absolute atomic E-state index is 12.2. The molecular weight excluding hydrogens is 568 g/mol. The van der Waals surface area contributed by atoms with Gasteiger partial charge in [-0.25, -0.2) is 14.5 Å². The molecule has 9 nitrogen and oxygen atoms in total. The molecule has 6 rings (SSSR count). The molecule has 9 heteroatoms. The number of carboxylic acids is 1. The molecule has 234 valence electrons. The zero-order valence-electron chi connectivity index (χ0n) is 26.1. The van der Waals surface area contributed by atoms with Gasteiger partial charge >= 0.3 is 5.97 Å². The molecule has 2 aromatic heterocycles. The number of nitrogens with zero attached hydrogens (tertiary/aromatic N) is 4. The average molecular weight is 609 g/mol. The normalized spacial score (nSPS) is 17.2. The number of aromatic nitrogens is 3. The summed E-state index contributed by atoms with van der Waals surface area (Å²) < 4.78 is 8.33. The molecule has 2 atom stereocenters. The number of aromatic carboxylic acids is 1. The van der Waals surface area contributed by atoms with Gasteiger partial charge in [-0.3, -0.25) is 4.79 Å². The molecule has 1 aliphatic carbocycles. The number of piperidine rings is 1. The lowest BCUT2D eigenvalue weighted by Crippen LogP contribution is -2.42. The highest BCUT2D eigenvalue weighted by Crippen LogP contribution is 2.42. The number of carbonyl (C=O) groups is 2. The summed E-state index contributed by atoms with van der Waals surface area (Å²) in [6, 6.07) is 18.5. The first kappa shape index (κ1) is 30.5. The summed E-state index contributed by atoms with van der Waals surface area (Å²) in [7, 11) is 0. The molecule has 4 aromatic rings. The molecule has 1 aliphatic heterocycles. The first-order valence-corrected chi connectivity index (χ1v) is 15.9. The summed E-state index contributed by atoms with van der Waals surface area (Å²) in [6.45, 7) is 6.93.